The van der Waals surface area contributed by atoms with Crippen LogP contribution in [0.25, 0.3) is 0 Å². The lowest BCUT2D eigenvalue weighted by atomic mass is 9.79. The molecule has 150 valence electrons. The zero-order valence-electron chi connectivity index (χ0n) is 16.3. The molecule has 0 amide bonds. The van der Waals surface area contributed by atoms with Gasteiger partial charge < -0.3 is 14.8 Å². The third-order valence-corrected chi connectivity index (χ3v) is 5.63. The Morgan fingerprint density at radius 3 is 2.00 bits per heavy atom. The van der Waals surface area contributed by atoms with Crippen LogP contribution >= 0.6 is 24.8 Å². The number of nitrogens with one attached hydrogen (secondary N) is 1. The molecule has 0 spiro atoms. The van der Waals surface area contributed by atoms with Gasteiger partial charge in [0.2, 0.25) is 0 Å². The van der Waals surface area contributed by atoms with Crippen LogP contribution in [0.2, 0.25) is 0 Å². The van der Waals surface area contributed by atoms with Crippen molar-refractivity contribution in [2.24, 2.45) is 5.92 Å². The first-order valence-electron chi connectivity index (χ1n) is 9.42. The molecule has 1 saturated carbocycles. The predicted molar refractivity (Wildman–Crippen MR) is 113 cm³/mol. The van der Waals surface area contributed by atoms with Gasteiger partial charge in [-0.1, -0.05) is 19.3 Å². The van der Waals surface area contributed by atoms with Gasteiger partial charge in [0, 0.05) is 32.2 Å². The highest BCUT2D eigenvalue weighted by Gasteiger charge is 2.35. The minimum atomic E-state index is 0. The van der Waals surface area contributed by atoms with Crippen LogP contribution in [0.4, 0.5) is 0 Å². The Morgan fingerprint density at radius 2 is 1.50 bits per heavy atom. The second kappa shape index (κ2) is 11.2. The molecular weight excluding hydrogens is 371 g/mol. The SMILES string of the molecule is COc1cc(C)cc(OC)c1[C@H](C1CCCCC1)N1CCNCC1.Cl.Cl. The fraction of sp³-hybridized carbons (Fsp3) is 0.700. The molecule has 0 unspecified atom stereocenters. The second-order valence-electron chi connectivity index (χ2n) is 7.21. The molecule has 0 aromatic heterocycles. The average molecular weight is 405 g/mol. The van der Waals surface area contributed by atoms with E-state index in [1.807, 2.05) is 0 Å². The number of hydrogen-bond donors (Lipinski definition) is 1. The number of halogens is 2. The van der Waals surface area contributed by atoms with E-state index >= 15 is 0 Å². The fourth-order valence-corrected chi connectivity index (χ4v) is 4.49. The molecule has 0 bridgehead atoms. The molecule has 1 aliphatic heterocycles. The fourth-order valence-electron chi connectivity index (χ4n) is 4.49. The van der Waals surface area contributed by atoms with E-state index < -0.39 is 0 Å². The Balaban J connectivity index is 0.00000169. The van der Waals surface area contributed by atoms with Crippen molar-refractivity contribution in [2.75, 3.05) is 40.4 Å². The van der Waals surface area contributed by atoms with Gasteiger partial charge in [-0.2, -0.15) is 0 Å². The van der Waals surface area contributed by atoms with Crippen LogP contribution in [0.5, 0.6) is 11.5 Å². The van der Waals surface area contributed by atoms with Crippen LogP contribution in [0.3, 0.4) is 0 Å². The summed E-state index contributed by atoms with van der Waals surface area (Å²) in [5, 5.41) is 3.49. The largest absolute Gasteiger partial charge is 0.496 e. The van der Waals surface area contributed by atoms with Gasteiger partial charge in [-0.05, 0) is 43.4 Å². The summed E-state index contributed by atoms with van der Waals surface area (Å²) >= 11 is 0. The van der Waals surface area contributed by atoms with Crippen molar-refractivity contribution in [3.05, 3.63) is 23.3 Å². The molecule has 1 aromatic carbocycles. The topological polar surface area (TPSA) is 33.7 Å². The molecular formula is C20H34Cl2N2O2. The van der Waals surface area contributed by atoms with E-state index in [0.29, 0.717) is 12.0 Å². The highest BCUT2D eigenvalue weighted by molar-refractivity contribution is 5.85. The molecule has 1 N–H and O–H groups in total. The number of methoxy groups -OCH3 is 2. The van der Waals surface area contributed by atoms with Gasteiger partial charge in [0.05, 0.1) is 19.8 Å². The van der Waals surface area contributed by atoms with Gasteiger partial charge in [0.1, 0.15) is 11.5 Å². The molecule has 1 aliphatic carbocycles. The summed E-state index contributed by atoms with van der Waals surface area (Å²) in [4.78, 5) is 2.65. The van der Waals surface area contributed by atoms with Crippen molar-refractivity contribution in [1.29, 1.82) is 0 Å². The highest BCUT2D eigenvalue weighted by Crippen LogP contribution is 2.46. The molecule has 1 heterocycles. The van der Waals surface area contributed by atoms with Crippen LogP contribution < -0.4 is 14.8 Å². The average Bonchev–Trinajstić information content (AvgIpc) is 2.64. The Hall–Kier alpha value is -0.680. The Morgan fingerprint density at radius 1 is 0.962 bits per heavy atom. The summed E-state index contributed by atoms with van der Waals surface area (Å²) in [6.45, 7) is 6.44. The number of rotatable bonds is 5. The van der Waals surface area contributed by atoms with Gasteiger partial charge >= 0.3 is 0 Å². The third kappa shape index (κ3) is 5.19. The predicted octanol–water partition coefficient (Wildman–Crippen LogP) is 4.38. The maximum absolute atomic E-state index is 5.81. The molecule has 2 fully saturated rings. The number of ether oxygens (including phenoxy) is 2. The van der Waals surface area contributed by atoms with E-state index in [4.69, 9.17) is 9.47 Å². The van der Waals surface area contributed by atoms with Crippen LogP contribution in [0, 0.1) is 12.8 Å². The maximum Gasteiger partial charge on any atom is 0.127 e. The minimum absolute atomic E-state index is 0. The molecule has 26 heavy (non-hydrogen) atoms. The van der Waals surface area contributed by atoms with Gasteiger partial charge in [-0.3, -0.25) is 4.90 Å². The third-order valence-electron chi connectivity index (χ3n) is 5.63. The van der Waals surface area contributed by atoms with Crippen molar-refractivity contribution in [3.8, 4) is 11.5 Å². The van der Waals surface area contributed by atoms with Crippen molar-refractivity contribution >= 4 is 24.8 Å². The minimum Gasteiger partial charge on any atom is -0.496 e. The van der Waals surface area contributed by atoms with E-state index in [0.717, 1.165) is 37.7 Å². The van der Waals surface area contributed by atoms with E-state index in [1.54, 1.807) is 14.2 Å². The Bertz CT molecular complexity index is 502. The zero-order valence-corrected chi connectivity index (χ0v) is 17.9. The molecule has 1 atom stereocenters. The summed E-state index contributed by atoms with van der Waals surface area (Å²) in [5.74, 6) is 2.67. The van der Waals surface area contributed by atoms with Crippen LogP contribution in [0.15, 0.2) is 12.1 Å². The maximum atomic E-state index is 5.81. The van der Waals surface area contributed by atoms with E-state index in [-0.39, 0.29) is 24.8 Å². The van der Waals surface area contributed by atoms with Gasteiger partial charge in [0.15, 0.2) is 0 Å². The second-order valence-corrected chi connectivity index (χ2v) is 7.21. The number of aryl methyl sites for hydroxylation is 1. The summed E-state index contributed by atoms with van der Waals surface area (Å²) in [5.41, 5.74) is 2.45. The summed E-state index contributed by atoms with van der Waals surface area (Å²) < 4.78 is 11.6. The van der Waals surface area contributed by atoms with Crippen LogP contribution in [-0.2, 0) is 0 Å². The smallest absolute Gasteiger partial charge is 0.127 e. The van der Waals surface area contributed by atoms with Gasteiger partial charge in [0.25, 0.3) is 0 Å². The van der Waals surface area contributed by atoms with Crippen LogP contribution in [-0.4, -0.2) is 45.3 Å². The first kappa shape index (κ1) is 23.4. The molecule has 1 saturated heterocycles. The number of benzene rings is 1. The lowest BCUT2D eigenvalue weighted by molar-refractivity contribution is 0.0990. The lowest BCUT2D eigenvalue weighted by Crippen LogP contribution is -2.47. The van der Waals surface area contributed by atoms with Crippen molar-refractivity contribution in [1.82, 2.24) is 10.2 Å². The number of hydrogen-bond acceptors (Lipinski definition) is 4. The molecule has 3 rings (SSSR count). The number of nitrogens with zero attached hydrogens (tertiary/aromatic N) is 1. The molecule has 0 radical (unpaired) electrons. The normalized spacial score (nSPS) is 19.8. The molecule has 6 heteroatoms. The van der Waals surface area contributed by atoms with Gasteiger partial charge in [-0.25, -0.2) is 0 Å². The van der Waals surface area contributed by atoms with E-state index in [9.17, 15) is 0 Å². The standard InChI is InChI=1S/C20H32N2O2.2ClH/c1-15-13-17(23-2)19(18(14-15)24-3)20(16-7-5-4-6-8-16)22-11-9-21-10-12-22;;/h13-14,16,20-21H,4-12H2,1-3H3;2*1H/t20-;;/m0../s1. The van der Waals surface area contributed by atoms with Crippen LogP contribution in [0.1, 0.15) is 49.3 Å². The van der Waals surface area contributed by atoms with Gasteiger partial charge in [-0.15, -0.1) is 24.8 Å². The Kier molecular flexibility index (Phi) is 10.1. The monoisotopic (exact) mass is 404 g/mol. The molecule has 4 nitrogen and oxygen atoms in total. The molecule has 1 aromatic rings. The zero-order chi connectivity index (χ0) is 16.9. The molecule has 2 aliphatic rings. The summed E-state index contributed by atoms with van der Waals surface area (Å²) in [7, 11) is 3.57. The van der Waals surface area contributed by atoms with Crippen molar-refractivity contribution in [3.63, 3.8) is 0 Å². The van der Waals surface area contributed by atoms with Crippen molar-refractivity contribution < 1.29 is 9.47 Å². The van der Waals surface area contributed by atoms with E-state index in [1.165, 1.54) is 43.2 Å². The summed E-state index contributed by atoms with van der Waals surface area (Å²) in [6, 6.07) is 4.73. The highest BCUT2D eigenvalue weighted by atomic mass is 35.5. The lowest BCUT2D eigenvalue weighted by Gasteiger charge is -2.42. The first-order valence-corrected chi connectivity index (χ1v) is 9.42. The Labute approximate surface area is 170 Å². The first-order chi connectivity index (χ1) is 11.7. The summed E-state index contributed by atoms with van der Waals surface area (Å²) in [6.07, 6.45) is 6.71. The quantitative estimate of drug-likeness (QED) is 0.788. The van der Waals surface area contributed by atoms with Crippen molar-refractivity contribution in [2.45, 2.75) is 45.1 Å². The number of piperazine rings is 1. The van der Waals surface area contributed by atoms with E-state index in [2.05, 4.69) is 29.3 Å².